The molecule has 0 saturated heterocycles. The molecule has 0 spiro atoms. The third-order valence-corrected chi connectivity index (χ3v) is 5.97. The fraction of sp³-hybridized carbons (Fsp3) is 0.0909. The number of aryl methyl sites for hydroxylation is 1. The Morgan fingerprint density at radius 2 is 1.60 bits per heavy atom. The lowest BCUT2D eigenvalue weighted by atomic mass is 10.1. The minimum Gasteiger partial charge on any atom is -0.419 e. The predicted octanol–water partition coefficient (Wildman–Crippen LogP) is 4.25. The van der Waals surface area contributed by atoms with Crippen molar-refractivity contribution in [1.29, 1.82) is 0 Å². The van der Waals surface area contributed by atoms with Crippen LogP contribution < -0.4 is 4.72 Å². The van der Waals surface area contributed by atoms with Crippen LogP contribution in [0, 0.1) is 12.7 Å². The van der Waals surface area contributed by atoms with Gasteiger partial charge in [-0.25, -0.2) is 12.8 Å². The van der Waals surface area contributed by atoms with Gasteiger partial charge in [-0.3, -0.25) is 0 Å². The van der Waals surface area contributed by atoms with E-state index in [1.165, 1.54) is 19.1 Å². The molecule has 152 valence electrons. The van der Waals surface area contributed by atoms with Crippen LogP contribution in [0.3, 0.4) is 0 Å². The molecule has 0 radical (unpaired) electrons. The van der Waals surface area contributed by atoms with Crippen molar-refractivity contribution < 1.29 is 17.2 Å². The molecule has 1 N–H and O–H groups in total. The maximum Gasteiger partial charge on any atom is 0.247 e. The fourth-order valence-electron chi connectivity index (χ4n) is 2.96. The summed E-state index contributed by atoms with van der Waals surface area (Å²) >= 11 is 0. The summed E-state index contributed by atoms with van der Waals surface area (Å²) in [5.41, 5.74) is 1.58. The molecule has 1 aromatic heterocycles. The minimum atomic E-state index is -3.99. The van der Waals surface area contributed by atoms with Gasteiger partial charge in [0.1, 0.15) is 11.9 Å². The summed E-state index contributed by atoms with van der Waals surface area (Å²) in [6.45, 7) is 1.51. The Hall–Kier alpha value is -3.36. The molecule has 4 aromatic rings. The number of nitrogens with zero attached hydrogens (tertiary/aromatic N) is 2. The van der Waals surface area contributed by atoms with Gasteiger partial charge >= 0.3 is 0 Å². The van der Waals surface area contributed by atoms with E-state index in [2.05, 4.69) is 14.9 Å². The van der Waals surface area contributed by atoms with Crippen molar-refractivity contribution in [2.45, 2.75) is 17.9 Å². The minimum absolute atomic E-state index is 0.0508. The van der Waals surface area contributed by atoms with Gasteiger partial charge in [-0.1, -0.05) is 48.5 Å². The van der Waals surface area contributed by atoms with E-state index in [1.54, 1.807) is 24.3 Å². The highest BCUT2D eigenvalue weighted by Gasteiger charge is 2.28. The molecule has 0 aliphatic rings. The number of aromatic nitrogens is 2. The standard InChI is InChI=1S/C22H18FN3O3S/c1-15-14-18(12-13-19(15)23)30(27,28)26-20(16-8-4-2-5-9-16)22-25-24-21(29-22)17-10-6-3-7-11-17/h2-14,20,26H,1H3. The Morgan fingerprint density at radius 3 is 2.27 bits per heavy atom. The Bertz CT molecular complexity index is 1260. The van der Waals surface area contributed by atoms with E-state index in [-0.39, 0.29) is 22.2 Å². The second-order valence-corrected chi connectivity index (χ2v) is 8.40. The highest BCUT2D eigenvalue weighted by atomic mass is 32.2. The quantitative estimate of drug-likeness (QED) is 0.501. The molecule has 0 saturated carbocycles. The summed E-state index contributed by atoms with van der Waals surface area (Å²) in [4.78, 5) is -0.0508. The van der Waals surface area contributed by atoms with Crippen molar-refractivity contribution in [2.75, 3.05) is 0 Å². The number of halogens is 1. The molecule has 1 heterocycles. The fourth-order valence-corrected chi connectivity index (χ4v) is 4.23. The van der Waals surface area contributed by atoms with Crippen LogP contribution in [-0.2, 0) is 10.0 Å². The van der Waals surface area contributed by atoms with E-state index < -0.39 is 21.9 Å². The van der Waals surface area contributed by atoms with Crippen molar-refractivity contribution in [2.24, 2.45) is 0 Å². The van der Waals surface area contributed by atoms with E-state index in [0.29, 0.717) is 5.56 Å². The molecule has 0 amide bonds. The van der Waals surface area contributed by atoms with E-state index >= 15 is 0 Å². The molecule has 30 heavy (non-hydrogen) atoms. The van der Waals surface area contributed by atoms with E-state index in [9.17, 15) is 12.8 Å². The zero-order valence-corrected chi connectivity index (χ0v) is 16.8. The van der Waals surface area contributed by atoms with Crippen LogP contribution in [0.5, 0.6) is 0 Å². The first-order valence-corrected chi connectivity index (χ1v) is 10.6. The topological polar surface area (TPSA) is 85.1 Å². The van der Waals surface area contributed by atoms with Crippen LogP contribution in [0.15, 0.2) is 88.2 Å². The molecule has 6 nitrogen and oxygen atoms in total. The van der Waals surface area contributed by atoms with Gasteiger partial charge in [0.2, 0.25) is 21.8 Å². The predicted molar refractivity (Wildman–Crippen MR) is 109 cm³/mol. The van der Waals surface area contributed by atoms with Crippen molar-refractivity contribution in [1.82, 2.24) is 14.9 Å². The lowest BCUT2D eigenvalue weighted by molar-refractivity contribution is 0.464. The summed E-state index contributed by atoms with van der Waals surface area (Å²) < 4.78 is 48.0. The van der Waals surface area contributed by atoms with Gasteiger partial charge in [0.25, 0.3) is 0 Å². The highest BCUT2D eigenvalue weighted by Crippen LogP contribution is 2.27. The molecule has 3 aromatic carbocycles. The summed E-state index contributed by atoms with van der Waals surface area (Å²) in [7, 11) is -3.99. The molecule has 0 bridgehead atoms. The van der Waals surface area contributed by atoms with Gasteiger partial charge in [0, 0.05) is 5.56 Å². The monoisotopic (exact) mass is 423 g/mol. The largest absolute Gasteiger partial charge is 0.419 e. The molecule has 8 heteroatoms. The Balaban J connectivity index is 1.73. The van der Waals surface area contributed by atoms with Gasteiger partial charge < -0.3 is 4.42 Å². The molecule has 0 aliphatic heterocycles. The number of hydrogen-bond acceptors (Lipinski definition) is 5. The maximum atomic E-state index is 13.6. The average Bonchev–Trinajstić information content (AvgIpc) is 3.25. The summed E-state index contributed by atoms with van der Waals surface area (Å²) in [6, 6.07) is 20.8. The normalized spacial score (nSPS) is 12.6. The van der Waals surface area contributed by atoms with Gasteiger partial charge in [-0.2, -0.15) is 4.72 Å². The summed E-state index contributed by atoms with van der Waals surface area (Å²) in [5.74, 6) is -0.0937. The Morgan fingerprint density at radius 1 is 0.933 bits per heavy atom. The summed E-state index contributed by atoms with van der Waals surface area (Å²) in [5, 5.41) is 8.14. The lowest BCUT2D eigenvalue weighted by Gasteiger charge is -2.16. The van der Waals surface area contributed by atoms with E-state index in [4.69, 9.17) is 4.42 Å². The third kappa shape index (κ3) is 4.14. The molecular weight excluding hydrogens is 405 g/mol. The van der Waals surface area contributed by atoms with Crippen molar-refractivity contribution >= 4 is 10.0 Å². The number of nitrogens with one attached hydrogen (secondary N) is 1. The Labute approximate surface area is 173 Å². The second kappa shape index (κ2) is 8.17. The van der Waals surface area contributed by atoms with E-state index in [1.807, 2.05) is 36.4 Å². The maximum absolute atomic E-state index is 13.6. The zero-order chi connectivity index (χ0) is 21.1. The molecule has 4 rings (SSSR count). The van der Waals surface area contributed by atoms with E-state index in [0.717, 1.165) is 11.6 Å². The smallest absolute Gasteiger partial charge is 0.247 e. The first-order valence-electron chi connectivity index (χ1n) is 9.16. The first kappa shape index (κ1) is 19.9. The SMILES string of the molecule is Cc1cc(S(=O)(=O)NC(c2ccccc2)c2nnc(-c3ccccc3)o2)ccc1F. The van der Waals surface area contributed by atoms with Crippen molar-refractivity contribution in [3.8, 4) is 11.5 Å². The summed E-state index contributed by atoms with van der Waals surface area (Å²) in [6.07, 6.45) is 0. The number of sulfonamides is 1. The van der Waals surface area contributed by atoms with Gasteiger partial charge in [0.15, 0.2) is 0 Å². The third-order valence-electron chi connectivity index (χ3n) is 4.55. The molecular formula is C22H18FN3O3S. The van der Waals surface area contributed by atoms with Crippen LogP contribution in [-0.4, -0.2) is 18.6 Å². The van der Waals surface area contributed by atoms with Crippen LogP contribution in [0.1, 0.15) is 23.1 Å². The molecule has 0 aliphatic carbocycles. The van der Waals surface area contributed by atoms with Gasteiger partial charge in [0.05, 0.1) is 4.90 Å². The van der Waals surface area contributed by atoms with Crippen LogP contribution in [0.2, 0.25) is 0 Å². The lowest BCUT2D eigenvalue weighted by Crippen LogP contribution is -2.29. The molecule has 1 atom stereocenters. The first-order chi connectivity index (χ1) is 14.4. The Kier molecular flexibility index (Phi) is 5.43. The van der Waals surface area contributed by atoms with Gasteiger partial charge in [-0.05, 0) is 48.4 Å². The number of hydrogen-bond donors (Lipinski definition) is 1. The second-order valence-electron chi connectivity index (χ2n) is 6.69. The van der Waals surface area contributed by atoms with Crippen LogP contribution in [0.25, 0.3) is 11.5 Å². The van der Waals surface area contributed by atoms with Gasteiger partial charge in [-0.15, -0.1) is 10.2 Å². The molecule has 0 fully saturated rings. The average molecular weight is 423 g/mol. The number of benzene rings is 3. The van der Waals surface area contributed by atoms with Crippen LogP contribution in [0.4, 0.5) is 4.39 Å². The number of rotatable bonds is 6. The van der Waals surface area contributed by atoms with Crippen LogP contribution >= 0.6 is 0 Å². The highest BCUT2D eigenvalue weighted by molar-refractivity contribution is 7.89. The van der Waals surface area contributed by atoms with Crippen molar-refractivity contribution in [3.63, 3.8) is 0 Å². The van der Waals surface area contributed by atoms with Crippen molar-refractivity contribution in [3.05, 3.63) is 102 Å². The zero-order valence-electron chi connectivity index (χ0n) is 16.0. The molecule has 1 unspecified atom stereocenters.